The van der Waals surface area contributed by atoms with Gasteiger partial charge >= 0.3 is 0 Å². The number of para-hydroxylation sites is 1. The fourth-order valence-electron chi connectivity index (χ4n) is 3.03. The number of nitrogens with one attached hydrogen (secondary N) is 1. The van der Waals surface area contributed by atoms with Crippen LogP contribution < -0.4 is 10.2 Å². The molecule has 124 valence electrons. The first-order valence-electron chi connectivity index (χ1n) is 8.15. The van der Waals surface area contributed by atoms with E-state index in [0.717, 1.165) is 17.7 Å². The highest BCUT2D eigenvalue weighted by Crippen LogP contribution is 2.32. The number of carbonyl (C=O) groups is 2. The van der Waals surface area contributed by atoms with Crippen LogP contribution in [-0.4, -0.2) is 28.9 Å². The summed E-state index contributed by atoms with van der Waals surface area (Å²) in [6.07, 6.45) is 2.34. The summed E-state index contributed by atoms with van der Waals surface area (Å²) in [4.78, 5) is 31.0. The van der Waals surface area contributed by atoms with Crippen molar-refractivity contribution in [2.75, 3.05) is 4.90 Å². The molecule has 2 amide bonds. The first-order valence-corrected chi connectivity index (χ1v) is 8.15. The van der Waals surface area contributed by atoms with Gasteiger partial charge in [-0.05, 0) is 51.0 Å². The molecular weight excluding hydrogens is 302 g/mol. The highest BCUT2D eigenvalue weighted by molar-refractivity contribution is 6.07. The number of hydrogen-bond donors (Lipinski definition) is 1. The normalized spacial score (nSPS) is 16.2. The van der Waals surface area contributed by atoms with E-state index in [0.29, 0.717) is 5.56 Å². The molecule has 0 fully saturated rings. The number of rotatable bonds is 3. The highest BCUT2D eigenvalue weighted by atomic mass is 16.2. The minimum atomic E-state index is -0.198. The van der Waals surface area contributed by atoms with Gasteiger partial charge in [0.05, 0.1) is 0 Å². The lowest BCUT2D eigenvalue weighted by Crippen LogP contribution is -2.36. The lowest BCUT2D eigenvalue weighted by Gasteiger charge is -2.22. The molecule has 1 N–H and O–H groups in total. The number of pyridine rings is 1. The Morgan fingerprint density at radius 3 is 2.75 bits per heavy atom. The smallest absolute Gasteiger partial charge is 0.277 e. The molecule has 1 aliphatic rings. The second-order valence-electron chi connectivity index (χ2n) is 6.41. The molecule has 24 heavy (non-hydrogen) atoms. The Bertz CT molecular complexity index is 786. The van der Waals surface area contributed by atoms with E-state index in [1.165, 1.54) is 6.20 Å². The fourth-order valence-corrected chi connectivity index (χ4v) is 3.03. The zero-order valence-electron chi connectivity index (χ0n) is 14.1. The molecule has 2 aromatic rings. The summed E-state index contributed by atoms with van der Waals surface area (Å²) in [5.74, 6) is -0.372. The van der Waals surface area contributed by atoms with Crippen molar-refractivity contribution < 1.29 is 9.59 Å². The fraction of sp³-hybridized carbons (Fsp3) is 0.316. The molecule has 0 saturated carbocycles. The first kappa shape index (κ1) is 16.2. The van der Waals surface area contributed by atoms with Crippen LogP contribution in [0.5, 0.6) is 0 Å². The topological polar surface area (TPSA) is 62.3 Å². The van der Waals surface area contributed by atoms with Crippen molar-refractivity contribution in [2.24, 2.45) is 0 Å². The molecule has 0 aliphatic carbocycles. The van der Waals surface area contributed by atoms with Crippen molar-refractivity contribution >= 4 is 17.5 Å². The average Bonchev–Trinajstić information content (AvgIpc) is 2.89. The second-order valence-corrected chi connectivity index (χ2v) is 6.41. The van der Waals surface area contributed by atoms with E-state index in [9.17, 15) is 9.59 Å². The molecule has 0 spiro atoms. The number of benzene rings is 1. The van der Waals surface area contributed by atoms with Gasteiger partial charge in [-0.15, -0.1) is 0 Å². The Morgan fingerprint density at radius 1 is 1.25 bits per heavy atom. The summed E-state index contributed by atoms with van der Waals surface area (Å²) in [6, 6.07) is 11.2. The second kappa shape index (κ2) is 6.43. The molecule has 0 saturated heterocycles. The lowest BCUT2D eigenvalue weighted by atomic mass is 10.1. The van der Waals surface area contributed by atoms with Crippen LogP contribution in [0.3, 0.4) is 0 Å². The third kappa shape index (κ3) is 3.02. The number of anilines is 1. The van der Waals surface area contributed by atoms with E-state index < -0.39 is 0 Å². The van der Waals surface area contributed by atoms with Gasteiger partial charge in [-0.1, -0.05) is 18.2 Å². The molecule has 1 unspecified atom stereocenters. The highest BCUT2D eigenvalue weighted by Gasteiger charge is 2.32. The molecule has 1 atom stereocenters. The number of nitrogens with zero attached hydrogens (tertiary/aromatic N) is 2. The quantitative estimate of drug-likeness (QED) is 0.945. The maximum absolute atomic E-state index is 12.9. The monoisotopic (exact) mass is 323 g/mol. The van der Waals surface area contributed by atoms with Gasteiger partial charge in [0.15, 0.2) is 0 Å². The Kier molecular flexibility index (Phi) is 4.34. The standard InChI is InChI=1S/C19H21N3O2/c1-12(2)21-18(23)15-8-9-20-16(11-15)19(24)22-13(3)10-14-6-4-5-7-17(14)22/h4-9,11-13H,10H2,1-3H3,(H,21,23). The van der Waals surface area contributed by atoms with Crippen LogP contribution in [0, 0.1) is 0 Å². The van der Waals surface area contributed by atoms with Gasteiger partial charge in [0.2, 0.25) is 0 Å². The molecule has 1 aromatic heterocycles. The predicted molar refractivity (Wildman–Crippen MR) is 93.3 cm³/mol. The molecule has 0 radical (unpaired) electrons. The zero-order chi connectivity index (χ0) is 17.3. The van der Waals surface area contributed by atoms with Crippen LogP contribution in [0.1, 0.15) is 47.2 Å². The molecular formula is C19H21N3O2. The van der Waals surface area contributed by atoms with Gasteiger partial charge in [0.25, 0.3) is 11.8 Å². The zero-order valence-corrected chi connectivity index (χ0v) is 14.1. The molecule has 1 aliphatic heterocycles. The van der Waals surface area contributed by atoms with Gasteiger partial charge in [0.1, 0.15) is 5.69 Å². The van der Waals surface area contributed by atoms with Gasteiger partial charge in [-0.3, -0.25) is 14.6 Å². The number of aromatic nitrogens is 1. The largest absolute Gasteiger partial charge is 0.350 e. The van der Waals surface area contributed by atoms with Gasteiger partial charge in [0, 0.05) is 29.5 Å². The summed E-state index contributed by atoms with van der Waals surface area (Å²) < 4.78 is 0. The van der Waals surface area contributed by atoms with E-state index in [4.69, 9.17) is 0 Å². The summed E-state index contributed by atoms with van der Waals surface area (Å²) in [5, 5.41) is 2.83. The van der Waals surface area contributed by atoms with Gasteiger partial charge in [-0.25, -0.2) is 0 Å². The van der Waals surface area contributed by atoms with Gasteiger partial charge in [-0.2, -0.15) is 0 Å². The van der Waals surface area contributed by atoms with Crippen LogP contribution in [0.25, 0.3) is 0 Å². The number of carbonyl (C=O) groups excluding carboxylic acids is 2. The maximum Gasteiger partial charge on any atom is 0.277 e. The molecule has 3 rings (SSSR count). The average molecular weight is 323 g/mol. The molecule has 5 heteroatoms. The van der Waals surface area contributed by atoms with E-state index >= 15 is 0 Å². The first-order chi connectivity index (χ1) is 11.5. The van der Waals surface area contributed by atoms with E-state index in [1.54, 1.807) is 17.0 Å². The van der Waals surface area contributed by atoms with E-state index in [2.05, 4.69) is 10.3 Å². The Morgan fingerprint density at radius 2 is 2.00 bits per heavy atom. The van der Waals surface area contributed by atoms with Crippen molar-refractivity contribution in [1.82, 2.24) is 10.3 Å². The SMILES string of the molecule is CC(C)NC(=O)c1ccnc(C(=O)N2c3ccccc3CC2C)c1. The number of hydrogen-bond acceptors (Lipinski definition) is 3. The third-order valence-corrected chi connectivity index (χ3v) is 4.09. The maximum atomic E-state index is 12.9. The van der Waals surface area contributed by atoms with E-state index in [1.807, 2.05) is 45.0 Å². The van der Waals surface area contributed by atoms with Crippen LogP contribution in [0.2, 0.25) is 0 Å². The third-order valence-electron chi connectivity index (χ3n) is 4.09. The lowest BCUT2D eigenvalue weighted by molar-refractivity contribution is 0.0943. The summed E-state index contributed by atoms with van der Waals surface area (Å²) in [6.45, 7) is 5.81. The number of amides is 2. The predicted octanol–water partition coefficient (Wildman–Crippen LogP) is 2.81. The molecule has 5 nitrogen and oxygen atoms in total. The summed E-state index contributed by atoms with van der Waals surface area (Å²) in [5.41, 5.74) is 2.82. The van der Waals surface area contributed by atoms with E-state index in [-0.39, 0.29) is 29.6 Å². The molecule has 2 heterocycles. The molecule has 0 bridgehead atoms. The Labute approximate surface area is 141 Å². The molecule has 1 aromatic carbocycles. The van der Waals surface area contributed by atoms with Crippen molar-refractivity contribution in [3.63, 3.8) is 0 Å². The van der Waals surface area contributed by atoms with Crippen molar-refractivity contribution in [3.8, 4) is 0 Å². The van der Waals surface area contributed by atoms with Gasteiger partial charge < -0.3 is 10.2 Å². The minimum Gasteiger partial charge on any atom is -0.350 e. The van der Waals surface area contributed by atoms with Crippen LogP contribution in [-0.2, 0) is 6.42 Å². The van der Waals surface area contributed by atoms with Crippen LogP contribution in [0.4, 0.5) is 5.69 Å². The van der Waals surface area contributed by atoms with Crippen LogP contribution in [0.15, 0.2) is 42.6 Å². The van der Waals surface area contributed by atoms with Crippen molar-refractivity contribution in [3.05, 3.63) is 59.4 Å². The summed E-state index contributed by atoms with van der Waals surface area (Å²) >= 11 is 0. The minimum absolute atomic E-state index is 0.0373. The Balaban J connectivity index is 1.90. The van der Waals surface area contributed by atoms with Crippen molar-refractivity contribution in [1.29, 1.82) is 0 Å². The van der Waals surface area contributed by atoms with Crippen LogP contribution >= 0.6 is 0 Å². The van der Waals surface area contributed by atoms with Crippen molar-refractivity contribution in [2.45, 2.75) is 39.3 Å². The number of fused-ring (bicyclic) bond motifs is 1. The Hall–Kier alpha value is -2.69. The summed E-state index contributed by atoms with van der Waals surface area (Å²) in [7, 11) is 0.